The topological polar surface area (TPSA) is 49.9 Å². The Morgan fingerprint density at radius 2 is 1.54 bits per heavy atom. The molecule has 1 aliphatic heterocycles. The van der Waals surface area contributed by atoms with E-state index in [9.17, 15) is 9.59 Å². The Labute approximate surface area is 166 Å². The number of nitrogens with zero attached hydrogens (tertiary/aromatic N) is 2. The highest BCUT2D eigenvalue weighted by molar-refractivity contribution is 5.87. The van der Waals surface area contributed by atoms with Gasteiger partial charge in [-0.1, -0.05) is 60.7 Å². The lowest BCUT2D eigenvalue weighted by atomic mass is 10.0. The van der Waals surface area contributed by atoms with Gasteiger partial charge in [-0.15, -0.1) is 0 Å². The van der Waals surface area contributed by atoms with Crippen LogP contribution in [0.3, 0.4) is 0 Å². The summed E-state index contributed by atoms with van der Waals surface area (Å²) in [6, 6.07) is 19.2. The zero-order chi connectivity index (χ0) is 20.1. The molecule has 0 radical (unpaired) electrons. The van der Waals surface area contributed by atoms with Crippen LogP contribution in [0.15, 0.2) is 60.7 Å². The summed E-state index contributed by atoms with van der Waals surface area (Å²) >= 11 is 0. The van der Waals surface area contributed by atoms with E-state index in [0.29, 0.717) is 26.1 Å². The summed E-state index contributed by atoms with van der Waals surface area (Å²) in [6.45, 7) is 7.02. The predicted molar refractivity (Wildman–Crippen MR) is 109 cm³/mol. The summed E-state index contributed by atoms with van der Waals surface area (Å²) < 4.78 is 5.56. The number of carbonyl (C=O) groups is 2. The van der Waals surface area contributed by atoms with Gasteiger partial charge in [0.05, 0.1) is 0 Å². The predicted octanol–water partition coefficient (Wildman–Crippen LogP) is 3.88. The summed E-state index contributed by atoms with van der Waals surface area (Å²) in [4.78, 5) is 29.5. The Kier molecular flexibility index (Phi) is 6.02. The van der Waals surface area contributed by atoms with E-state index < -0.39 is 17.7 Å². The average molecular weight is 380 g/mol. The molecule has 2 aromatic carbocycles. The van der Waals surface area contributed by atoms with Crippen LogP contribution < -0.4 is 0 Å². The number of hydrogen-bond donors (Lipinski definition) is 0. The molecular formula is C23H28N2O3. The second kappa shape index (κ2) is 8.46. The quantitative estimate of drug-likeness (QED) is 0.809. The molecule has 3 rings (SSSR count). The molecule has 0 spiro atoms. The number of piperazine rings is 1. The van der Waals surface area contributed by atoms with E-state index in [0.717, 1.165) is 11.1 Å². The maximum Gasteiger partial charge on any atom is 0.411 e. The zero-order valence-electron chi connectivity index (χ0n) is 16.8. The number of carbonyl (C=O) groups excluding carboxylic acids is 2. The van der Waals surface area contributed by atoms with Crippen molar-refractivity contribution in [2.75, 3.05) is 13.1 Å². The van der Waals surface area contributed by atoms with Gasteiger partial charge >= 0.3 is 6.09 Å². The second-order valence-corrected chi connectivity index (χ2v) is 8.12. The normalized spacial score (nSPS) is 17.5. The summed E-state index contributed by atoms with van der Waals surface area (Å²) in [5, 5.41) is 0. The molecule has 148 valence electrons. The highest BCUT2D eigenvalue weighted by Crippen LogP contribution is 2.21. The Morgan fingerprint density at radius 3 is 2.11 bits per heavy atom. The Hall–Kier alpha value is -2.82. The molecular weight excluding hydrogens is 352 g/mol. The van der Waals surface area contributed by atoms with Gasteiger partial charge in [0.2, 0.25) is 5.91 Å². The first-order valence-electron chi connectivity index (χ1n) is 9.70. The molecule has 0 saturated carbocycles. The van der Waals surface area contributed by atoms with Gasteiger partial charge in [0, 0.05) is 26.1 Å². The minimum absolute atomic E-state index is 0.0372. The summed E-state index contributed by atoms with van der Waals surface area (Å²) in [7, 11) is 0. The Balaban J connectivity index is 1.81. The molecule has 1 fully saturated rings. The van der Waals surface area contributed by atoms with Crippen molar-refractivity contribution in [3.63, 3.8) is 0 Å². The van der Waals surface area contributed by atoms with Crippen LogP contribution in [0.25, 0.3) is 0 Å². The number of amides is 2. The van der Waals surface area contributed by atoms with E-state index in [2.05, 4.69) is 0 Å². The van der Waals surface area contributed by atoms with Crippen LogP contribution in [0.2, 0.25) is 0 Å². The van der Waals surface area contributed by atoms with Crippen LogP contribution in [-0.2, 0) is 22.5 Å². The van der Waals surface area contributed by atoms with Crippen molar-refractivity contribution < 1.29 is 14.3 Å². The number of hydrogen-bond acceptors (Lipinski definition) is 3. The summed E-state index contributed by atoms with van der Waals surface area (Å²) in [6.07, 6.45) is 0.0469. The van der Waals surface area contributed by atoms with E-state index >= 15 is 0 Å². The first-order valence-corrected chi connectivity index (χ1v) is 9.70. The lowest BCUT2D eigenvalue weighted by Crippen LogP contribution is -2.59. The van der Waals surface area contributed by atoms with Crippen molar-refractivity contribution in [2.45, 2.75) is 45.4 Å². The van der Waals surface area contributed by atoms with Crippen molar-refractivity contribution in [3.05, 3.63) is 71.8 Å². The Morgan fingerprint density at radius 1 is 0.964 bits per heavy atom. The second-order valence-electron chi connectivity index (χ2n) is 8.12. The number of benzene rings is 2. The van der Waals surface area contributed by atoms with E-state index in [4.69, 9.17) is 4.74 Å². The van der Waals surface area contributed by atoms with Crippen molar-refractivity contribution in [3.8, 4) is 0 Å². The zero-order valence-corrected chi connectivity index (χ0v) is 16.8. The molecule has 1 heterocycles. The van der Waals surface area contributed by atoms with Crippen LogP contribution in [0.4, 0.5) is 4.79 Å². The standard InChI is InChI=1S/C23H28N2O3/c1-23(2,3)28-22(27)25-15-14-24(17-19-12-8-5-9-13-19)21(26)20(25)16-18-10-6-4-7-11-18/h4-13,20H,14-17H2,1-3H3/t20-/m0/s1. The fourth-order valence-corrected chi connectivity index (χ4v) is 3.37. The summed E-state index contributed by atoms with van der Waals surface area (Å²) in [5.41, 5.74) is 1.51. The molecule has 0 N–H and O–H groups in total. The maximum absolute atomic E-state index is 13.3. The summed E-state index contributed by atoms with van der Waals surface area (Å²) in [5.74, 6) is -0.0372. The van der Waals surface area contributed by atoms with Gasteiger partial charge in [0.25, 0.3) is 0 Å². The van der Waals surface area contributed by atoms with Gasteiger partial charge in [-0.05, 0) is 31.9 Å². The highest BCUT2D eigenvalue weighted by Gasteiger charge is 2.39. The van der Waals surface area contributed by atoms with Gasteiger partial charge in [-0.25, -0.2) is 4.79 Å². The van der Waals surface area contributed by atoms with Crippen LogP contribution >= 0.6 is 0 Å². The van der Waals surface area contributed by atoms with Crippen LogP contribution in [0, 0.1) is 0 Å². The molecule has 0 aliphatic carbocycles. The molecule has 5 heteroatoms. The molecule has 28 heavy (non-hydrogen) atoms. The largest absolute Gasteiger partial charge is 0.444 e. The molecule has 1 saturated heterocycles. The molecule has 2 aromatic rings. The van der Waals surface area contributed by atoms with Gasteiger partial charge in [-0.3, -0.25) is 9.69 Å². The third-order valence-corrected chi connectivity index (χ3v) is 4.70. The first-order chi connectivity index (χ1) is 13.3. The number of rotatable bonds is 4. The maximum atomic E-state index is 13.3. The van der Waals surface area contributed by atoms with E-state index in [1.807, 2.05) is 86.3 Å². The molecule has 5 nitrogen and oxygen atoms in total. The fraction of sp³-hybridized carbons (Fsp3) is 0.391. The lowest BCUT2D eigenvalue weighted by molar-refractivity contribution is -0.142. The molecule has 1 atom stereocenters. The van der Waals surface area contributed by atoms with Crippen LogP contribution in [-0.4, -0.2) is 46.5 Å². The Bertz CT molecular complexity index is 800. The van der Waals surface area contributed by atoms with Crippen molar-refractivity contribution in [1.82, 2.24) is 9.80 Å². The number of ether oxygens (including phenoxy) is 1. The van der Waals surface area contributed by atoms with Gasteiger partial charge in [0.1, 0.15) is 11.6 Å². The van der Waals surface area contributed by atoms with Crippen molar-refractivity contribution in [2.24, 2.45) is 0 Å². The van der Waals surface area contributed by atoms with Crippen LogP contribution in [0.1, 0.15) is 31.9 Å². The van der Waals surface area contributed by atoms with Crippen LogP contribution in [0.5, 0.6) is 0 Å². The van der Waals surface area contributed by atoms with Gasteiger partial charge in [0.15, 0.2) is 0 Å². The van der Waals surface area contributed by atoms with Crippen molar-refractivity contribution in [1.29, 1.82) is 0 Å². The fourth-order valence-electron chi connectivity index (χ4n) is 3.37. The molecule has 0 aromatic heterocycles. The molecule has 0 unspecified atom stereocenters. The van der Waals surface area contributed by atoms with Gasteiger partial charge in [-0.2, -0.15) is 0 Å². The third kappa shape index (κ3) is 5.12. The first kappa shape index (κ1) is 19.9. The molecule has 0 bridgehead atoms. The van der Waals surface area contributed by atoms with Crippen molar-refractivity contribution >= 4 is 12.0 Å². The monoisotopic (exact) mass is 380 g/mol. The molecule has 1 aliphatic rings. The average Bonchev–Trinajstić information content (AvgIpc) is 2.65. The minimum atomic E-state index is -0.599. The van der Waals surface area contributed by atoms with E-state index in [1.165, 1.54) is 0 Å². The van der Waals surface area contributed by atoms with E-state index in [1.54, 1.807) is 4.90 Å². The smallest absolute Gasteiger partial charge is 0.411 e. The lowest BCUT2D eigenvalue weighted by Gasteiger charge is -2.41. The minimum Gasteiger partial charge on any atom is -0.444 e. The highest BCUT2D eigenvalue weighted by atomic mass is 16.6. The molecule has 2 amide bonds. The SMILES string of the molecule is CC(C)(C)OC(=O)N1CCN(Cc2ccccc2)C(=O)[C@@H]1Cc1ccccc1. The van der Waals surface area contributed by atoms with Gasteiger partial charge < -0.3 is 9.64 Å². The van der Waals surface area contributed by atoms with E-state index in [-0.39, 0.29) is 5.91 Å². The third-order valence-electron chi connectivity index (χ3n) is 4.70.